The molecule has 5 nitrogen and oxygen atoms in total. The fourth-order valence-corrected chi connectivity index (χ4v) is 1.78. The van der Waals surface area contributed by atoms with Crippen molar-refractivity contribution in [1.29, 1.82) is 0 Å². The number of primary sulfonamides is 1. The lowest BCUT2D eigenvalue weighted by molar-refractivity contribution is 0.178. The zero-order valence-electron chi connectivity index (χ0n) is 6.81. The third-order valence-electron chi connectivity index (χ3n) is 1.94. The summed E-state index contributed by atoms with van der Waals surface area (Å²) >= 11 is 0. The van der Waals surface area contributed by atoms with Crippen molar-refractivity contribution < 1.29 is 13.5 Å². The van der Waals surface area contributed by atoms with Gasteiger partial charge in [0.25, 0.3) is 0 Å². The zero-order valence-corrected chi connectivity index (χ0v) is 7.63. The minimum absolute atomic E-state index is 0.0281. The molecule has 0 saturated carbocycles. The number of hydrogen-bond donors (Lipinski definition) is 2. The van der Waals surface area contributed by atoms with Gasteiger partial charge >= 0.3 is 0 Å². The third kappa shape index (κ3) is 3.48. The summed E-state index contributed by atoms with van der Waals surface area (Å²) in [5.74, 6) is -0.0281. The lowest BCUT2D eigenvalue weighted by Gasteiger charge is -2.12. The molecule has 0 amide bonds. The van der Waals surface area contributed by atoms with Gasteiger partial charge < -0.3 is 5.11 Å². The standard InChI is InChI=1S/C6H14N2O3S/c7-12(10,11)4-3-8-2-1-6(9)5-8/h6,9H,1-5H2,(H2,7,10,11)/t6-/m1/s1. The highest BCUT2D eigenvalue weighted by atomic mass is 32.2. The number of aliphatic hydroxyl groups is 1. The molecule has 1 saturated heterocycles. The zero-order chi connectivity index (χ0) is 9.19. The van der Waals surface area contributed by atoms with Gasteiger partial charge in [-0.25, -0.2) is 13.6 Å². The fourth-order valence-electron chi connectivity index (χ4n) is 1.27. The Hall–Kier alpha value is -0.170. The number of sulfonamides is 1. The van der Waals surface area contributed by atoms with Crippen molar-refractivity contribution in [1.82, 2.24) is 4.90 Å². The molecule has 1 rings (SSSR count). The average molecular weight is 194 g/mol. The molecule has 1 fully saturated rings. The van der Waals surface area contributed by atoms with Crippen LogP contribution in [0.1, 0.15) is 6.42 Å². The Bertz CT molecular complexity index is 239. The van der Waals surface area contributed by atoms with Crippen LogP contribution >= 0.6 is 0 Å². The summed E-state index contributed by atoms with van der Waals surface area (Å²) in [6.45, 7) is 1.75. The summed E-state index contributed by atoms with van der Waals surface area (Å²) in [6.07, 6.45) is 0.426. The second-order valence-corrected chi connectivity index (χ2v) is 4.84. The Labute approximate surface area is 72.2 Å². The molecular weight excluding hydrogens is 180 g/mol. The van der Waals surface area contributed by atoms with Crippen LogP contribution in [0.4, 0.5) is 0 Å². The number of β-amino-alcohol motifs (C(OH)–C–C–N with tert-alkyl or cyclic N) is 1. The molecule has 72 valence electrons. The molecular formula is C6H14N2O3S. The van der Waals surface area contributed by atoms with Crippen LogP contribution < -0.4 is 5.14 Å². The Balaban J connectivity index is 2.25. The van der Waals surface area contributed by atoms with Crippen molar-refractivity contribution in [2.75, 3.05) is 25.4 Å². The lowest BCUT2D eigenvalue weighted by Crippen LogP contribution is -2.30. The van der Waals surface area contributed by atoms with E-state index in [4.69, 9.17) is 10.2 Å². The van der Waals surface area contributed by atoms with Crippen LogP contribution in [-0.4, -0.2) is 49.9 Å². The fraction of sp³-hybridized carbons (Fsp3) is 1.00. The van der Waals surface area contributed by atoms with E-state index in [0.717, 1.165) is 13.0 Å². The molecule has 1 aliphatic heterocycles. The Morgan fingerprint density at radius 1 is 1.58 bits per heavy atom. The molecule has 0 bridgehead atoms. The van der Waals surface area contributed by atoms with Gasteiger partial charge in [-0.1, -0.05) is 0 Å². The summed E-state index contributed by atoms with van der Waals surface area (Å²) in [5.41, 5.74) is 0. The van der Waals surface area contributed by atoms with Crippen LogP contribution in [0.15, 0.2) is 0 Å². The molecule has 0 aromatic heterocycles. The van der Waals surface area contributed by atoms with Crippen LogP contribution in [-0.2, 0) is 10.0 Å². The molecule has 0 spiro atoms. The van der Waals surface area contributed by atoms with E-state index in [0.29, 0.717) is 13.1 Å². The summed E-state index contributed by atoms with van der Waals surface area (Å²) in [5, 5.41) is 13.9. The highest BCUT2D eigenvalue weighted by Crippen LogP contribution is 2.07. The monoisotopic (exact) mass is 194 g/mol. The molecule has 0 aromatic carbocycles. The maximum atomic E-state index is 10.6. The Morgan fingerprint density at radius 2 is 2.25 bits per heavy atom. The van der Waals surface area contributed by atoms with Gasteiger partial charge in [0.05, 0.1) is 11.9 Å². The van der Waals surface area contributed by atoms with Crippen LogP contribution in [0.2, 0.25) is 0 Å². The minimum Gasteiger partial charge on any atom is -0.392 e. The number of aliphatic hydroxyl groups excluding tert-OH is 1. The first kappa shape index (κ1) is 9.91. The topological polar surface area (TPSA) is 83.6 Å². The van der Waals surface area contributed by atoms with Crippen LogP contribution in [0.3, 0.4) is 0 Å². The molecule has 1 heterocycles. The highest BCUT2D eigenvalue weighted by molar-refractivity contribution is 7.89. The van der Waals surface area contributed by atoms with Gasteiger partial charge in [-0.3, -0.25) is 4.90 Å². The molecule has 6 heteroatoms. The molecule has 0 radical (unpaired) electrons. The number of nitrogens with two attached hydrogens (primary N) is 1. The summed E-state index contributed by atoms with van der Waals surface area (Å²) in [4.78, 5) is 1.90. The molecule has 0 unspecified atom stereocenters. The molecule has 12 heavy (non-hydrogen) atoms. The number of hydrogen-bond acceptors (Lipinski definition) is 4. The SMILES string of the molecule is NS(=O)(=O)CCN1CC[C@@H](O)C1. The second-order valence-electron chi connectivity index (χ2n) is 3.11. The van der Waals surface area contributed by atoms with Gasteiger partial charge in [0.1, 0.15) is 0 Å². The van der Waals surface area contributed by atoms with Crippen molar-refractivity contribution in [3.05, 3.63) is 0 Å². The second kappa shape index (κ2) is 3.69. The molecule has 0 aromatic rings. The smallest absolute Gasteiger partial charge is 0.210 e. The van der Waals surface area contributed by atoms with E-state index in [-0.39, 0.29) is 11.9 Å². The van der Waals surface area contributed by atoms with Gasteiger partial charge in [0.15, 0.2) is 0 Å². The van der Waals surface area contributed by atoms with Crippen molar-refractivity contribution in [3.8, 4) is 0 Å². The first-order chi connectivity index (χ1) is 5.47. The van der Waals surface area contributed by atoms with E-state index in [1.165, 1.54) is 0 Å². The largest absolute Gasteiger partial charge is 0.392 e. The number of likely N-dealkylation sites (tertiary alicyclic amines) is 1. The third-order valence-corrected chi connectivity index (χ3v) is 2.69. The number of nitrogens with zero attached hydrogens (tertiary/aromatic N) is 1. The van der Waals surface area contributed by atoms with Crippen molar-refractivity contribution in [3.63, 3.8) is 0 Å². The van der Waals surface area contributed by atoms with Gasteiger partial charge in [0, 0.05) is 19.6 Å². The lowest BCUT2D eigenvalue weighted by atomic mass is 10.3. The first-order valence-electron chi connectivity index (χ1n) is 3.88. The summed E-state index contributed by atoms with van der Waals surface area (Å²) < 4.78 is 21.1. The maximum absolute atomic E-state index is 10.6. The molecule has 3 N–H and O–H groups in total. The van der Waals surface area contributed by atoms with Gasteiger partial charge in [-0.15, -0.1) is 0 Å². The summed E-state index contributed by atoms with van der Waals surface area (Å²) in [6, 6.07) is 0. The van der Waals surface area contributed by atoms with Crippen LogP contribution in [0.25, 0.3) is 0 Å². The van der Waals surface area contributed by atoms with E-state index in [1.54, 1.807) is 0 Å². The predicted molar refractivity (Wildman–Crippen MR) is 45.0 cm³/mol. The van der Waals surface area contributed by atoms with E-state index >= 15 is 0 Å². The van der Waals surface area contributed by atoms with Gasteiger partial charge in [-0.05, 0) is 6.42 Å². The maximum Gasteiger partial charge on any atom is 0.210 e. The summed E-state index contributed by atoms with van der Waals surface area (Å²) in [7, 11) is -3.35. The van der Waals surface area contributed by atoms with Crippen LogP contribution in [0.5, 0.6) is 0 Å². The molecule has 0 aliphatic carbocycles. The van der Waals surface area contributed by atoms with Crippen LogP contribution in [0, 0.1) is 0 Å². The van der Waals surface area contributed by atoms with Gasteiger partial charge in [0.2, 0.25) is 10.0 Å². The average Bonchev–Trinajstić information content (AvgIpc) is 2.30. The van der Waals surface area contributed by atoms with E-state index < -0.39 is 10.0 Å². The van der Waals surface area contributed by atoms with E-state index in [2.05, 4.69) is 0 Å². The van der Waals surface area contributed by atoms with Gasteiger partial charge in [-0.2, -0.15) is 0 Å². The minimum atomic E-state index is -3.35. The van der Waals surface area contributed by atoms with Crippen molar-refractivity contribution >= 4 is 10.0 Å². The van der Waals surface area contributed by atoms with E-state index in [1.807, 2.05) is 4.90 Å². The van der Waals surface area contributed by atoms with E-state index in [9.17, 15) is 8.42 Å². The Kier molecular flexibility index (Phi) is 3.05. The number of rotatable bonds is 3. The first-order valence-corrected chi connectivity index (χ1v) is 5.60. The predicted octanol–water partition coefficient (Wildman–Crippen LogP) is -1.66. The normalized spacial score (nSPS) is 26.3. The van der Waals surface area contributed by atoms with Crippen molar-refractivity contribution in [2.45, 2.75) is 12.5 Å². The highest BCUT2D eigenvalue weighted by Gasteiger charge is 2.20. The quantitative estimate of drug-likeness (QED) is 0.563. The molecule has 1 aliphatic rings. The van der Waals surface area contributed by atoms with Crippen molar-refractivity contribution in [2.24, 2.45) is 5.14 Å². The molecule has 1 atom stereocenters. The Morgan fingerprint density at radius 3 is 2.67 bits per heavy atom.